The first-order valence-corrected chi connectivity index (χ1v) is 10.9. The summed E-state index contributed by atoms with van der Waals surface area (Å²) >= 11 is 0. The molecule has 0 aliphatic carbocycles. The maximum absolute atomic E-state index is 12.6. The Balaban J connectivity index is 1.64. The summed E-state index contributed by atoms with van der Waals surface area (Å²) < 4.78 is 27.7. The number of aromatic nitrogens is 2. The number of sulfonamides is 1. The van der Waals surface area contributed by atoms with E-state index in [1.807, 2.05) is 6.92 Å². The number of nitrogens with zero attached hydrogens (tertiary/aromatic N) is 1. The molecular formula is C23H19N3O4S. The topological polar surface area (TPSA) is 112 Å². The van der Waals surface area contributed by atoms with Crippen LogP contribution in [0.5, 0.6) is 0 Å². The molecule has 0 aliphatic rings. The highest BCUT2D eigenvalue weighted by Crippen LogP contribution is 2.21. The number of anilines is 1. The lowest BCUT2D eigenvalue weighted by atomic mass is 10.1. The summed E-state index contributed by atoms with van der Waals surface area (Å²) in [7, 11) is -3.78. The molecule has 3 N–H and O–H groups in total. The van der Waals surface area contributed by atoms with Gasteiger partial charge in [-0.1, -0.05) is 42.0 Å². The summed E-state index contributed by atoms with van der Waals surface area (Å²) in [6.45, 7) is 1.87. The number of hydrogen-bond donors (Lipinski definition) is 3. The molecule has 3 aromatic carbocycles. The van der Waals surface area contributed by atoms with Crippen LogP contribution in [0.2, 0.25) is 0 Å². The van der Waals surface area contributed by atoms with Gasteiger partial charge in [-0.3, -0.25) is 9.52 Å². The van der Waals surface area contributed by atoms with Crippen molar-refractivity contribution in [1.82, 2.24) is 9.97 Å². The van der Waals surface area contributed by atoms with E-state index in [4.69, 9.17) is 0 Å². The molecule has 0 spiro atoms. The fourth-order valence-corrected chi connectivity index (χ4v) is 4.08. The third-order valence-electron chi connectivity index (χ3n) is 4.64. The molecule has 1 heterocycles. The van der Waals surface area contributed by atoms with Crippen LogP contribution in [0.4, 0.5) is 5.69 Å². The number of rotatable bonds is 5. The third-order valence-corrected chi connectivity index (χ3v) is 6.04. The Labute approximate surface area is 178 Å². The van der Waals surface area contributed by atoms with Crippen molar-refractivity contribution in [3.63, 3.8) is 0 Å². The highest BCUT2D eigenvalue weighted by molar-refractivity contribution is 7.92. The number of aliphatic hydroxyl groups excluding tert-OH is 1. The molecule has 1 aromatic heterocycles. The van der Waals surface area contributed by atoms with Crippen LogP contribution >= 0.6 is 0 Å². The average molecular weight is 433 g/mol. The Bertz CT molecular complexity index is 1460. The molecule has 0 amide bonds. The molecule has 7 nitrogen and oxygen atoms in total. The molecule has 31 heavy (non-hydrogen) atoms. The molecule has 0 saturated carbocycles. The molecule has 0 radical (unpaired) electrons. The van der Waals surface area contributed by atoms with Gasteiger partial charge >= 0.3 is 0 Å². The van der Waals surface area contributed by atoms with Gasteiger partial charge in [0.15, 0.2) is 0 Å². The molecule has 4 rings (SSSR count). The van der Waals surface area contributed by atoms with Crippen molar-refractivity contribution in [2.75, 3.05) is 4.72 Å². The Morgan fingerprint density at radius 2 is 1.77 bits per heavy atom. The first kappa shape index (κ1) is 20.4. The van der Waals surface area contributed by atoms with Gasteiger partial charge < -0.3 is 10.1 Å². The van der Waals surface area contributed by atoms with Gasteiger partial charge in [-0.25, -0.2) is 13.4 Å². The Hall–Kier alpha value is -3.91. The van der Waals surface area contributed by atoms with Gasteiger partial charge in [-0.15, -0.1) is 0 Å². The second kappa shape index (κ2) is 8.08. The lowest BCUT2D eigenvalue weighted by molar-refractivity contribution is 0.515. The first-order valence-electron chi connectivity index (χ1n) is 9.41. The number of aryl methyl sites for hydroxylation is 1. The van der Waals surface area contributed by atoms with Gasteiger partial charge in [0, 0.05) is 17.3 Å². The van der Waals surface area contributed by atoms with Gasteiger partial charge in [0.2, 0.25) is 0 Å². The zero-order valence-electron chi connectivity index (χ0n) is 16.5. The Kier molecular flexibility index (Phi) is 5.31. The van der Waals surface area contributed by atoms with Crippen molar-refractivity contribution >= 4 is 38.6 Å². The minimum Gasteiger partial charge on any atom is -0.507 e. The summed E-state index contributed by atoms with van der Waals surface area (Å²) in [5.41, 5.74) is 2.34. The van der Waals surface area contributed by atoms with E-state index in [2.05, 4.69) is 14.7 Å². The van der Waals surface area contributed by atoms with E-state index in [0.717, 1.165) is 5.56 Å². The van der Waals surface area contributed by atoms with Crippen molar-refractivity contribution < 1.29 is 13.5 Å². The number of H-pyrrole nitrogens is 1. The van der Waals surface area contributed by atoms with Crippen molar-refractivity contribution in [2.24, 2.45) is 0 Å². The zero-order valence-corrected chi connectivity index (χ0v) is 17.3. The maximum atomic E-state index is 12.6. The van der Waals surface area contributed by atoms with Crippen LogP contribution in [0.3, 0.4) is 0 Å². The van der Waals surface area contributed by atoms with E-state index in [9.17, 15) is 18.3 Å². The SMILES string of the molecule is Cc1ccc(S(=O)(=O)Nc2cccc(/C(O)=C/c3nc4ccccc4[nH]c3=O)c2)cc1. The summed E-state index contributed by atoms with van der Waals surface area (Å²) in [4.78, 5) is 19.4. The Morgan fingerprint density at radius 1 is 1.03 bits per heavy atom. The molecule has 0 saturated heterocycles. The molecular weight excluding hydrogens is 414 g/mol. The van der Waals surface area contributed by atoms with Gasteiger partial charge in [0.1, 0.15) is 11.5 Å². The van der Waals surface area contributed by atoms with Crippen LogP contribution in [0.1, 0.15) is 16.8 Å². The third kappa shape index (κ3) is 4.49. The number of hydrogen-bond acceptors (Lipinski definition) is 5. The maximum Gasteiger partial charge on any atom is 0.274 e. The van der Waals surface area contributed by atoms with Crippen LogP contribution in [-0.4, -0.2) is 23.5 Å². The van der Waals surface area contributed by atoms with E-state index >= 15 is 0 Å². The lowest BCUT2D eigenvalue weighted by Crippen LogP contribution is -2.13. The monoisotopic (exact) mass is 433 g/mol. The second-order valence-corrected chi connectivity index (χ2v) is 8.68. The first-order chi connectivity index (χ1) is 14.8. The smallest absolute Gasteiger partial charge is 0.274 e. The largest absolute Gasteiger partial charge is 0.507 e. The summed E-state index contributed by atoms with van der Waals surface area (Å²) in [5.74, 6) is -0.218. The van der Waals surface area contributed by atoms with E-state index < -0.39 is 15.6 Å². The molecule has 0 aliphatic heterocycles. The molecule has 156 valence electrons. The second-order valence-electron chi connectivity index (χ2n) is 7.00. The van der Waals surface area contributed by atoms with Gasteiger partial charge in [-0.05, 0) is 43.3 Å². The molecule has 4 aromatic rings. The molecule has 0 fully saturated rings. The van der Waals surface area contributed by atoms with E-state index in [-0.39, 0.29) is 22.0 Å². The van der Waals surface area contributed by atoms with Crippen molar-refractivity contribution in [3.8, 4) is 0 Å². The number of aliphatic hydroxyl groups is 1. The minimum absolute atomic E-state index is 0.0434. The summed E-state index contributed by atoms with van der Waals surface area (Å²) in [6.07, 6.45) is 1.25. The fourth-order valence-electron chi connectivity index (χ4n) is 3.03. The van der Waals surface area contributed by atoms with Crippen LogP contribution in [0, 0.1) is 6.92 Å². The normalized spacial score (nSPS) is 12.1. The summed E-state index contributed by atoms with van der Waals surface area (Å²) in [5, 5.41) is 10.5. The van der Waals surface area contributed by atoms with E-state index in [1.54, 1.807) is 54.6 Å². The predicted octanol–water partition coefficient (Wildman–Crippen LogP) is 4.09. The number of fused-ring (bicyclic) bond motifs is 1. The highest BCUT2D eigenvalue weighted by atomic mass is 32.2. The van der Waals surface area contributed by atoms with Crippen molar-refractivity contribution in [3.05, 3.63) is 100.0 Å². The molecule has 0 atom stereocenters. The van der Waals surface area contributed by atoms with Crippen molar-refractivity contribution in [2.45, 2.75) is 11.8 Å². The van der Waals surface area contributed by atoms with E-state index in [0.29, 0.717) is 16.6 Å². The Morgan fingerprint density at radius 3 is 2.55 bits per heavy atom. The standard InChI is InChI=1S/C23H19N3O4S/c1-15-9-11-18(12-10-15)31(29,30)26-17-6-4-5-16(13-17)22(27)14-21-23(28)25-20-8-3-2-7-19(20)24-21/h2-14,26-27H,1H3,(H,25,28)/b22-14-. The number of benzene rings is 3. The zero-order chi connectivity index (χ0) is 22.0. The highest BCUT2D eigenvalue weighted by Gasteiger charge is 2.14. The lowest BCUT2D eigenvalue weighted by Gasteiger charge is -2.10. The molecule has 8 heteroatoms. The fraction of sp³-hybridized carbons (Fsp3) is 0.0435. The van der Waals surface area contributed by atoms with Crippen LogP contribution in [0.15, 0.2) is 82.5 Å². The number of para-hydroxylation sites is 2. The predicted molar refractivity (Wildman–Crippen MR) is 121 cm³/mol. The minimum atomic E-state index is -3.78. The number of aromatic amines is 1. The van der Waals surface area contributed by atoms with Gasteiger partial charge in [0.05, 0.1) is 15.9 Å². The van der Waals surface area contributed by atoms with Crippen LogP contribution < -0.4 is 10.3 Å². The number of nitrogens with one attached hydrogen (secondary N) is 2. The van der Waals surface area contributed by atoms with E-state index in [1.165, 1.54) is 24.3 Å². The quantitative estimate of drug-likeness (QED) is 0.411. The molecule has 0 bridgehead atoms. The van der Waals surface area contributed by atoms with Crippen molar-refractivity contribution in [1.29, 1.82) is 0 Å². The molecule has 0 unspecified atom stereocenters. The van der Waals surface area contributed by atoms with Gasteiger partial charge in [-0.2, -0.15) is 0 Å². The van der Waals surface area contributed by atoms with Crippen LogP contribution in [-0.2, 0) is 10.0 Å². The summed E-state index contributed by atoms with van der Waals surface area (Å²) in [6, 6.07) is 19.8. The van der Waals surface area contributed by atoms with Crippen LogP contribution in [0.25, 0.3) is 22.9 Å². The average Bonchev–Trinajstić information content (AvgIpc) is 2.74. The van der Waals surface area contributed by atoms with Gasteiger partial charge in [0.25, 0.3) is 15.6 Å².